The zero-order valence-corrected chi connectivity index (χ0v) is 24.4. The third kappa shape index (κ3) is 4.99. The van der Waals surface area contributed by atoms with Crippen LogP contribution in [0.5, 0.6) is 5.75 Å². The van der Waals surface area contributed by atoms with Gasteiger partial charge in [-0.05, 0) is 94.3 Å². The first-order chi connectivity index (χ1) is 19.7. The number of hydrogen-bond acceptors (Lipinski definition) is 6. The van der Waals surface area contributed by atoms with Gasteiger partial charge in [0.2, 0.25) is 17.7 Å². The molecule has 3 saturated heterocycles. The van der Waals surface area contributed by atoms with E-state index in [0.29, 0.717) is 62.4 Å². The van der Waals surface area contributed by atoms with Crippen LogP contribution in [0.2, 0.25) is 0 Å². The summed E-state index contributed by atoms with van der Waals surface area (Å²) in [4.78, 5) is 43.8. The third-order valence-electron chi connectivity index (χ3n) is 9.10. The van der Waals surface area contributed by atoms with Gasteiger partial charge in [0.05, 0.1) is 24.0 Å². The summed E-state index contributed by atoms with van der Waals surface area (Å²) >= 11 is 0. The minimum absolute atomic E-state index is 0.00147. The number of aliphatic hydroxyl groups is 1. The number of carbonyl (C=O) groups is 3. The molecular weight excluding hydrogens is 522 g/mol. The van der Waals surface area contributed by atoms with Crippen LogP contribution >= 0.6 is 0 Å². The maximum atomic E-state index is 14.2. The first kappa shape index (κ1) is 29.1. The van der Waals surface area contributed by atoms with Gasteiger partial charge >= 0.3 is 0 Å². The number of rotatable bonds is 11. The number of nitrogens with one attached hydrogen (secondary N) is 2. The second-order valence-corrected chi connectivity index (χ2v) is 11.5. The number of carbonyl (C=O) groups excluding carboxylic acids is 3. The van der Waals surface area contributed by atoms with Gasteiger partial charge in [-0.15, -0.1) is 0 Å². The predicted molar refractivity (Wildman–Crippen MR) is 156 cm³/mol. The quantitative estimate of drug-likeness (QED) is 0.353. The number of amides is 3. The van der Waals surface area contributed by atoms with E-state index in [0.717, 1.165) is 11.1 Å². The summed E-state index contributed by atoms with van der Waals surface area (Å²) in [5.74, 6) is -1.62. The lowest BCUT2D eigenvalue weighted by Gasteiger charge is -2.34. The number of aliphatic hydroxyl groups excluding tert-OH is 1. The SMILES string of the molecule is CCOc1ccc(NC(=O)[C@@H]2[C@H]3C(=O)N(CCCCO)C(C(=O)Nc4cc(C)ccc4C)C34CC[C@@]2(CC)O4)cc1. The van der Waals surface area contributed by atoms with E-state index in [2.05, 4.69) is 10.6 Å². The van der Waals surface area contributed by atoms with E-state index in [1.54, 1.807) is 29.2 Å². The van der Waals surface area contributed by atoms with Crippen LogP contribution in [0, 0.1) is 25.7 Å². The molecule has 0 radical (unpaired) electrons. The second-order valence-electron chi connectivity index (χ2n) is 11.5. The summed E-state index contributed by atoms with van der Waals surface area (Å²) in [6.07, 6.45) is 2.71. The molecular formula is C32H41N3O6. The zero-order chi connectivity index (χ0) is 29.4. The number of fused-ring (bicyclic) bond motifs is 1. The standard InChI is InChI=1S/C32H41N3O6/c1-5-31-15-16-32(41-31)26(25(31)28(37)33-22-11-13-23(14-12-22)40-6-2)30(39)35(17-7-8-18-36)27(32)29(38)34-24-19-20(3)9-10-21(24)4/h9-14,19,25-27,36H,5-8,15-18H2,1-4H3,(H,33,37)(H,34,38)/t25-,26-,27?,31+,32?/m0/s1. The maximum absolute atomic E-state index is 14.2. The van der Waals surface area contributed by atoms with Gasteiger partial charge in [0.25, 0.3) is 0 Å². The van der Waals surface area contributed by atoms with Crippen LogP contribution < -0.4 is 15.4 Å². The highest BCUT2D eigenvalue weighted by molar-refractivity contribution is 6.05. The van der Waals surface area contributed by atoms with Crippen LogP contribution in [-0.2, 0) is 19.1 Å². The number of hydrogen-bond donors (Lipinski definition) is 3. The van der Waals surface area contributed by atoms with Crippen molar-refractivity contribution in [2.24, 2.45) is 11.8 Å². The molecule has 2 aromatic carbocycles. The van der Waals surface area contributed by atoms with Crippen molar-refractivity contribution in [3.05, 3.63) is 53.6 Å². The number of unbranched alkanes of at least 4 members (excludes halogenated alkanes) is 1. The summed E-state index contributed by atoms with van der Waals surface area (Å²) < 4.78 is 12.3. The van der Waals surface area contributed by atoms with Crippen molar-refractivity contribution < 1.29 is 29.0 Å². The Hall–Kier alpha value is -3.43. The van der Waals surface area contributed by atoms with E-state index in [-0.39, 0.29) is 24.3 Å². The number of nitrogens with zero attached hydrogens (tertiary/aromatic N) is 1. The first-order valence-corrected chi connectivity index (χ1v) is 14.7. The molecule has 1 spiro atoms. The fraction of sp³-hybridized carbons (Fsp3) is 0.531. The Kier molecular flexibility index (Phi) is 8.12. The van der Waals surface area contributed by atoms with Crippen LogP contribution in [0.1, 0.15) is 57.1 Å². The Balaban J connectivity index is 1.48. The summed E-state index contributed by atoms with van der Waals surface area (Å²) in [7, 11) is 0. The van der Waals surface area contributed by atoms with Crippen molar-refractivity contribution in [3.63, 3.8) is 0 Å². The average Bonchev–Trinajstić information content (AvgIpc) is 3.56. The highest BCUT2D eigenvalue weighted by Gasteiger charge is 2.78. The van der Waals surface area contributed by atoms with Gasteiger partial charge in [0, 0.05) is 24.5 Å². The van der Waals surface area contributed by atoms with Crippen molar-refractivity contribution in [1.82, 2.24) is 4.90 Å². The molecule has 2 bridgehead atoms. The Morgan fingerprint density at radius 2 is 1.80 bits per heavy atom. The molecule has 41 heavy (non-hydrogen) atoms. The molecule has 2 unspecified atom stereocenters. The average molecular weight is 564 g/mol. The van der Waals surface area contributed by atoms with Crippen LogP contribution in [0.3, 0.4) is 0 Å². The Labute approximate surface area is 241 Å². The van der Waals surface area contributed by atoms with Gasteiger partial charge in [-0.25, -0.2) is 0 Å². The number of anilines is 2. The van der Waals surface area contributed by atoms with Crippen molar-refractivity contribution in [3.8, 4) is 5.75 Å². The smallest absolute Gasteiger partial charge is 0.250 e. The van der Waals surface area contributed by atoms with Crippen LogP contribution in [0.25, 0.3) is 0 Å². The molecule has 5 atom stereocenters. The van der Waals surface area contributed by atoms with Crippen LogP contribution in [-0.4, -0.2) is 64.7 Å². The van der Waals surface area contributed by atoms with E-state index in [1.807, 2.05) is 45.9 Å². The highest BCUT2D eigenvalue weighted by atomic mass is 16.5. The Morgan fingerprint density at radius 3 is 2.49 bits per heavy atom. The number of benzene rings is 2. The normalized spacial score (nSPS) is 28.1. The molecule has 220 valence electrons. The van der Waals surface area contributed by atoms with E-state index in [1.165, 1.54) is 0 Å². The molecule has 9 heteroatoms. The fourth-order valence-corrected chi connectivity index (χ4v) is 7.14. The topological polar surface area (TPSA) is 117 Å². The van der Waals surface area contributed by atoms with Gasteiger partial charge in [0.1, 0.15) is 17.4 Å². The number of ether oxygens (including phenoxy) is 2. The fourth-order valence-electron chi connectivity index (χ4n) is 7.14. The van der Waals surface area contributed by atoms with E-state index >= 15 is 0 Å². The lowest BCUT2D eigenvalue weighted by atomic mass is 9.65. The number of likely N-dealkylation sites (tertiary alicyclic amines) is 1. The van der Waals surface area contributed by atoms with Crippen LogP contribution in [0.15, 0.2) is 42.5 Å². The van der Waals surface area contributed by atoms with Crippen molar-refractivity contribution in [2.45, 2.75) is 77.0 Å². The highest BCUT2D eigenvalue weighted by Crippen LogP contribution is 2.64. The third-order valence-corrected chi connectivity index (χ3v) is 9.10. The van der Waals surface area contributed by atoms with Gasteiger partial charge in [-0.3, -0.25) is 14.4 Å². The summed E-state index contributed by atoms with van der Waals surface area (Å²) in [6.45, 7) is 8.63. The Bertz CT molecular complexity index is 1310. The summed E-state index contributed by atoms with van der Waals surface area (Å²) in [6, 6.07) is 12.1. The monoisotopic (exact) mass is 563 g/mol. The van der Waals surface area contributed by atoms with Gasteiger partial charge < -0.3 is 30.1 Å². The first-order valence-electron chi connectivity index (χ1n) is 14.7. The minimum Gasteiger partial charge on any atom is -0.494 e. The Morgan fingerprint density at radius 1 is 1.05 bits per heavy atom. The molecule has 3 N–H and O–H groups in total. The molecule has 3 fully saturated rings. The lowest BCUT2D eigenvalue weighted by molar-refractivity contribution is -0.144. The van der Waals surface area contributed by atoms with E-state index < -0.39 is 29.1 Å². The van der Waals surface area contributed by atoms with E-state index in [9.17, 15) is 19.5 Å². The van der Waals surface area contributed by atoms with Gasteiger partial charge in [0.15, 0.2) is 0 Å². The molecule has 2 aromatic rings. The predicted octanol–water partition coefficient (Wildman–Crippen LogP) is 4.21. The molecule has 3 amide bonds. The second kappa shape index (κ2) is 11.4. The molecule has 3 aliphatic rings. The molecule has 0 saturated carbocycles. The molecule has 3 heterocycles. The lowest BCUT2D eigenvalue weighted by Crippen LogP contribution is -2.53. The molecule has 0 aliphatic carbocycles. The van der Waals surface area contributed by atoms with Crippen LogP contribution in [0.4, 0.5) is 11.4 Å². The molecule has 5 rings (SSSR count). The molecule has 9 nitrogen and oxygen atoms in total. The van der Waals surface area contributed by atoms with Crippen molar-refractivity contribution in [1.29, 1.82) is 0 Å². The van der Waals surface area contributed by atoms with E-state index in [4.69, 9.17) is 9.47 Å². The summed E-state index contributed by atoms with van der Waals surface area (Å²) in [5.41, 5.74) is 1.30. The largest absolute Gasteiger partial charge is 0.494 e. The molecule has 0 aromatic heterocycles. The summed E-state index contributed by atoms with van der Waals surface area (Å²) in [5, 5.41) is 15.5. The van der Waals surface area contributed by atoms with Gasteiger partial charge in [-0.1, -0.05) is 19.1 Å². The molecule has 3 aliphatic heterocycles. The van der Waals surface area contributed by atoms with Gasteiger partial charge in [-0.2, -0.15) is 0 Å². The zero-order valence-electron chi connectivity index (χ0n) is 24.4. The van der Waals surface area contributed by atoms with Crippen molar-refractivity contribution >= 4 is 29.1 Å². The maximum Gasteiger partial charge on any atom is 0.250 e. The minimum atomic E-state index is -1.10. The van der Waals surface area contributed by atoms with Crippen molar-refractivity contribution in [2.75, 3.05) is 30.4 Å². The number of aryl methyl sites for hydroxylation is 2.